The SMILES string of the molecule is CC(C)(CCCC(=O)N1CCc2c(n(Cc3ccsc3)c3ncccc23)C1)C(=O)O. The maximum absolute atomic E-state index is 12.9. The molecule has 6 nitrogen and oxygen atoms in total. The molecule has 3 aromatic heterocycles. The molecule has 1 aliphatic rings. The molecule has 4 heterocycles. The Kier molecular flexibility index (Phi) is 5.64. The quantitative estimate of drug-likeness (QED) is 0.612. The molecule has 7 heteroatoms. The first-order valence-electron chi connectivity index (χ1n) is 10.3. The van der Waals surface area contributed by atoms with Crippen molar-refractivity contribution in [2.24, 2.45) is 5.41 Å². The van der Waals surface area contributed by atoms with Crippen molar-refractivity contribution in [2.75, 3.05) is 6.54 Å². The smallest absolute Gasteiger partial charge is 0.309 e. The highest BCUT2D eigenvalue weighted by molar-refractivity contribution is 7.07. The molecule has 0 saturated heterocycles. The summed E-state index contributed by atoms with van der Waals surface area (Å²) in [5.41, 5.74) is 3.88. The summed E-state index contributed by atoms with van der Waals surface area (Å²) in [7, 11) is 0. The van der Waals surface area contributed by atoms with Crippen molar-refractivity contribution in [3.05, 3.63) is 52.0 Å². The van der Waals surface area contributed by atoms with E-state index < -0.39 is 11.4 Å². The van der Waals surface area contributed by atoms with Gasteiger partial charge < -0.3 is 14.6 Å². The van der Waals surface area contributed by atoms with Crippen molar-refractivity contribution < 1.29 is 14.7 Å². The molecular weight excluding hydrogens is 398 g/mol. The Morgan fingerprint density at radius 3 is 2.87 bits per heavy atom. The molecule has 0 spiro atoms. The van der Waals surface area contributed by atoms with Crippen LogP contribution in [0.5, 0.6) is 0 Å². The van der Waals surface area contributed by atoms with Crippen LogP contribution in [0, 0.1) is 5.41 Å². The van der Waals surface area contributed by atoms with Crippen LogP contribution in [-0.2, 0) is 29.1 Å². The number of carbonyl (C=O) groups is 2. The summed E-state index contributed by atoms with van der Waals surface area (Å²) in [5.74, 6) is -0.717. The van der Waals surface area contributed by atoms with Gasteiger partial charge in [0, 0.05) is 30.2 Å². The number of aromatic nitrogens is 2. The van der Waals surface area contributed by atoms with E-state index in [1.165, 1.54) is 22.2 Å². The number of aliphatic carboxylic acids is 1. The fourth-order valence-corrected chi connectivity index (χ4v) is 4.81. The molecule has 0 bridgehead atoms. The van der Waals surface area contributed by atoms with Gasteiger partial charge in [-0.25, -0.2) is 4.98 Å². The van der Waals surface area contributed by atoms with Crippen LogP contribution in [0.4, 0.5) is 0 Å². The number of hydrogen-bond donors (Lipinski definition) is 1. The molecular formula is C23H27N3O3S. The second-order valence-corrected chi connectivity index (χ2v) is 9.41. The van der Waals surface area contributed by atoms with E-state index in [9.17, 15) is 14.7 Å². The molecule has 1 amide bonds. The third kappa shape index (κ3) is 3.99. The summed E-state index contributed by atoms with van der Waals surface area (Å²) in [6.07, 6.45) is 4.11. The van der Waals surface area contributed by atoms with Crippen molar-refractivity contribution in [1.82, 2.24) is 14.5 Å². The number of fused-ring (bicyclic) bond motifs is 3. The van der Waals surface area contributed by atoms with Gasteiger partial charge in [-0.15, -0.1) is 0 Å². The van der Waals surface area contributed by atoms with Gasteiger partial charge in [-0.05, 0) is 73.2 Å². The Labute approximate surface area is 180 Å². The maximum Gasteiger partial charge on any atom is 0.309 e. The van der Waals surface area contributed by atoms with Crippen LogP contribution < -0.4 is 0 Å². The lowest BCUT2D eigenvalue weighted by Gasteiger charge is -2.29. The second-order valence-electron chi connectivity index (χ2n) is 8.63. The van der Waals surface area contributed by atoms with Crippen molar-refractivity contribution in [1.29, 1.82) is 0 Å². The predicted octanol–water partition coefficient (Wildman–Crippen LogP) is 4.31. The van der Waals surface area contributed by atoms with E-state index in [0.29, 0.717) is 32.4 Å². The van der Waals surface area contributed by atoms with Gasteiger partial charge in [-0.3, -0.25) is 9.59 Å². The average Bonchev–Trinajstić information content (AvgIpc) is 3.34. The number of carboxylic acids is 1. The Hall–Kier alpha value is -2.67. The zero-order valence-corrected chi connectivity index (χ0v) is 18.2. The van der Waals surface area contributed by atoms with Crippen molar-refractivity contribution in [2.45, 2.75) is 52.6 Å². The lowest BCUT2D eigenvalue weighted by Crippen LogP contribution is -2.36. The molecule has 4 rings (SSSR count). The summed E-state index contributed by atoms with van der Waals surface area (Å²) in [6, 6.07) is 6.22. The normalized spacial score (nSPS) is 14.1. The molecule has 0 atom stereocenters. The van der Waals surface area contributed by atoms with Crippen LogP contribution in [0.1, 0.15) is 49.9 Å². The molecule has 3 aromatic rings. The fraction of sp³-hybridized carbons (Fsp3) is 0.435. The molecule has 158 valence electrons. The third-order valence-corrected chi connectivity index (χ3v) is 6.79. The zero-order valence-electron chi connectivity index (χ0n) is 17.4. The molecule has 0 aliphatic carbocycles. The standard InChI is InChI=1S/C23H27N3O3S/c1-23(2,22(28)29)9-3-6-20(27)25-11-7-17-18-5-4-10-24-21(18)26(19(17)14-25)13-16-8-12-30-15-16/h4-5,8,10,12,15H,3,6-7,9,11,13-14H2,1-2H3,(H,28,29). The van der Waals surface area contributed by atoms with E-state index in [1.807, 2.05) is 17.2 Å². The first-order valence-corrected chi connectivity index (χ1v) is 11.3. The highest BCUT2D eigenvalue weighted by atomic mass is 32.1. The zero-order chi connectivity index (χ0) is 21.3. The van der Waals surface area contributed by atoms with Gasteiger partial charge in [0.2, 0.25) is 5.91 Å². The van der Waals surface area contributed by atoms with Gasteiger partial charge in [-0.2, -0.15) is 11.3 Å². The predicted molar refractivity (Wildman–Crippen MR) is 118 cm³/mol. The topological polar surface area (TPSA) is 75.4 Å². The number of amides is 1. The fourth-order valence-electron chi connectivity index (χ4n) is 4.16. The number of nitrogens with zero attached hydrogens (tertiary/aromatic N) is 3. The Morgan fingerprint density at radius 2 is 2.13 bits per heavy atom. The molecule has 0 aromatic carbocycles. The van der Waals surface area contributed by atoms with Gasteiger partial charge in [0.25, 0.3) is 0 Å². The Bertz CT molecular complexity index is 1070. The van der Waals surface area contributed by atoms with Gasteiger partial charge in [-0.1, -0.05) is 0 Å². The van der Waals surface area contributed by atoms with Crippen molar-refractivity contribution in [3.8, 4) is 0 Å². The van der Waals surface area contributed by atoms with E-state index in [0.717, 1.165) is 18.6 Å². The Balaban J connectivity index is 1.53. The number of rotatable bonds is 7. The van der Waals surface area contributed by atoms with Gasteiger partial charge in [0.1, 0.15) is 5.65 Å². The van der Waals surface area contributed by atoms with Crippen LogP contribution in [0.3, 0.4) is 0 Å². The lowest BCUT2D eigenvalue weighted by molar-refractivity contribution is -0.147. The highest BCUT2D eigenvalue weighted by Gasteiger charge is 2.29. The number of carboxylic acid groups (broad SMARTS) is 1. The van der Waals surface area contributed by atoms with E-state index in [-0.39, 0.29) is 5.91 Å². The molecule has 0 radical (unpaired) electrons. The van der Waals surface area contributed by atoms with Crippen LogP contribution in [0.25, 0.3) is 11.0 Å². The van der Waals surface area contributed by atoms with Gasteiger partial charge >= 0.3 is 5.97 Å². The average molecular weight is 426 g/mol. The molecule has 0 fully saturated rings. The van der Waals surface area contributed by atoms with Crippen LogP contribution >= 0.6 is 11.3 Å². The van der Waals surface area contributed by atoms with E-state index >= 15 is 0 Å². The molecule has 30 heavy (non-hydrogen) atoms. The number of carbonyl (C=O) groups excluding carboxylic acids is 1. The molecule has 0 unspecified atom stereocenters. The first-order chi connectivity index (χ1) is 14.4. The lowest BCUT2D eigenvalue weighted by atomic mass is 9.87. The summed E-state index contributed by atoms with van der Waals surface area (Å²) in [6.45, 7) is 5.45. The minimum absolute atomic E-state index is 0.0992. The van der Waals surface area contributed by atoms with Gasteiger partial charge in [0.15, 0.2) is 0 Å². The largest absolute Gasteiger partial charge is 0.481 e. The highest BCUT2D eigenvalue weighted by Crippen LogP contribution is 2.31. The van der Waals surface area contributed by atoms with E-state index in [4.69, 9.17) is 0 Å². The summed E-state index contributed by atoms with van der Waals surface area (Å²) in [4.78, 5) is 30.7. The van der Waals surface area contributed by atoms with Crippen LogP contribution in [-0.4, -0.2) is 38.0 Å². The van der Waals surface area contributed by atoms with E-state index in [2.05, 4.69) is 32.4 Å². The third-order valence-electron chi connectivity index (χ3n) is 6.06. The minimum atomic E-state index is -0.817. The number of hydrogen-bond acceptors (Lipinski definition) is 4. The summed E-state index contributed by atoms with van der Waals surface area (Å²) >= 11 is 1.68. The molecule has 1 aliphatic heterocycles. The van der Waals surface area contributed by atoms with Crippen molar-refractivity contribution >= 4 is 34.2 Å². The summed E-state index contributed by atoms with van der Waals surface area (Å²) in [5, 5.41) is 14.7. The second kappa shape index (κ2) is 8.22. The summed E-state index contributed by atoms with van der Waals surface area (Å²) < 4.78 is 2.25. The molecule has 1 N–H and O–H groups in total. The number of thiophene rings is 1. The Morgan fingerprint density at radius 1 is 1.30 bits per heavy atom. The van der Waals surface area contributed by atoms with Crippen molar-refractivity contribution in [3.63, 3.8) is 0 Å². The van der Waals surface area contributed by atoms with Crippen LogP contribution in [0.2, 0.25) is 0 Å². The minimum Gasteiger partial charge on any atom is -0.481 e. The monoisotopic (exact) mass is 425 g/mol. The number of pyridine rings is 1. The van der Waals surface area contributed by atoms with E-state index in [1.54, 1.807) is 25.2 Å². The first kappa shape index (κ1) is 20.6. The van der Waals surface area contributed by atoms with Gasteiger partial charge in [0.05, 0.1) is 18.5 Å². The maximum atomic E-state index is 12.9. The van der Waals surface area contributed by atoms with Crippen LogP contribution in [0.15, 0.2) is 35.2 Å². The molecule has 0 saturated carbocycles.